The van der Waals surface area contributed by atoms with Crippen molar-refractivity contribution in [1.29, 1.82) is 0 Å². The first kappa shape index (κ1) is 87.9. The maximum absolute atomic E-state index is 13.0. The molecule has 0 radical (unpaired) electrons. The van der Waals surface area contributed by atoms with Gasteiger partial charge in [0.2, 0.25) is 0 Å². The summed E-state index contributed by atoms with van der Waals surface area (Å²) in [6.45, 7) is 4.53. The van der Waals surface area contributed by atoms with E-state index in [1.165, 1.54) is 135 Å². The summed E-state index contributed by atoms with van der Waals surface area (Å²) in [4.78, 5) is 37.6. The highest BCUT2D eigenvalue weighted by atomic mass is 16.7. The second-order valence-electron chi connectivity index (χ2n) is 25.8. The van der Waals surface area contributed by atoms with Gasteiger partial charge in [0.1, 0.15) is 13.2 Å². The van der Waals surface area contributed by atoms with Gasteiger partial charge >= 0.3 is 11.9 Å². The van der Waals surface area contributed by atoms with Gasteiger partial charge in [-0.25, -0.2) is 0 Å². The van der Waals surface area contributed by atoms with Gasteiger partial charge in [-0.05, 0) is 122 Å². The lowest BCUT2D eigenvalue weighted by Crippen LogP contribution is -2.44. The number of carboxylic acids is 1. The van der Waals surface area contributed by atoms with Crippen LogP contribution in [0.3, 0.4) is 0 Å². The van der Waals surface area contributed by atoms with Gasteiger partial charge in [0.05, 0.1) is 40.3 Å². The fourth-order valence-corrected chi connectivity index (χ4v) is 10.1. The van der Waals surface area contributed by atoms with Gasteiger partial charge < -0.3 is 33.3 Å². The molecule has 0 N–H and O–H groups in total. The van der Waals surface area contributed by atoms with Crippen LogP contribution in [0.15, 0.2) is 158 Å². The summed E-state index contributed by atoms with van der Waals surface area (Å²) in [5.74, 6) is -2.29. The van der Waals surface area contributed by atoms with E-state index in [0.29, 0.717) is 17.4 Å². The molecule has 0 aromatic rings. The fraction of sp³-hybridized carbons (Fsp3) is 0.655. The molecular weight excluding hydrogens is 1150 g/mol. The Morgan fingerprint density at radius 3 is 0.860 bits per heavy atom. The van der Waals surface area contributed by atoms with Crippen molar-refractivity contribution in [2.24, 2.45) is 0 Å². The highest BCUT2D eigenvalue weighted by Crippen LogP contribution is 2.17. The second-order valence-corrected chi connectivity index (χ2v) is 25.8. The molecule has 0 bridgehead atoms. The van der Waals surface area contributed by atoms with Crippen molar-refractivity contribution in [3.8, 4) is 0 Å². The number of carbonyl (C=O) groups is 3. The van der Waals surface area contributed by atoms with Crippen molar-refractivity contribution in [2.45, 2.75) is 309 Å². The Labute approximate surface area is 572 Å². The molecule has 9 heteroatoms. The Balaban J connectivity index is 4.08. The number of carboxylic acid groups (broad SMARTS) is 1. The van der Waals surface area contributed by atoms with Crippen molar-refractivity contribution in [3.05, 3.63) is 158 Å². The van der Waals surface area contributed by atoms with E-state index in [1.807, 2.05) is 21.1 Å². The highest BCUT2D eigenvalue weighted by molar-refractivity contribution is 5.70. The Morgan fingerprint density at radius 2 is 0.581 bits per heavy atom. The lowest BCUT2D eigenvalue weighted by atomic mass is 10.0. The Kier molecular flexibility index (Phi) is 68.8. The number of allylic oxidation sites excluding steroid dienone is 26. The molecule has 0 spiro atoms. The van der Waals surface area contributed by atoms with E-state index >= 15 is 0 Å². The zero-order valence-corrected chi connectivity index (χ0v) is 60.3. The molecule has 2 atom stereocenters. The summed E-state index contributed by atoms with van der Waals surface area (Å²) in [6, 6.07) is 0. The van der Waals surface area contributed by atoms with E-state index in [2.05, 4.69) is 172 Å². The Hall–Kier alpha value is -5.09. The molecular formula is C84H139NO8. The third-order valence-corrected chi connectivity index (χ3v) is 15.8. The van der Waals surface area contributed by atoms with Crippen LogP contribution >= 0.6 is 0 Å². The number of carbonyl (C=O) groups excluding carboxylic acids is 3. The highest BCUT2D eigenvalue weighted by Gasteiger charge is 2.22. The van der Waals surface area contributed by atoms with Crippen molar-refractivity contribution in [3.63, 3.8) is 0 Å². The first-order chi connectivity index (χ1) is 45.6. The molecule has 528 valence electrons. The van der Waals surface area contributed by atoms with E-state index in [1.54, 1.807) is 0 Å². The van der Waals surface area contributed by atoms with E-state index in [9.17, 15) is 19.5 Å². The van der Waals surface area contributed by atoms with Crippen LogP contribution < -0.4 is 5.11 Å². The van der Waals surface area contributed by atoms with Crippen LogP contribution in [0.5, 0.6) is 0 Å². The fourth-order valence-electron chi connectivity index (χ4n) is 10.1. The Morgan fingerprint density at radius 1 is 0.323 bits per heavy atom. The van der Waals surface area contributed by atoms with Gasteiger partial charge in [0.25, 0.3) is 0 Å². The summed E-state index contributed by atoms with van der Waals surface area (Å²) in [5, 5.41) is 11.8. The second kappa shape index (κ2) is 72.7. The lowest BCUT2D eigenvalue weighted by Gasteiger charge is -2.26. The van der Waals surface area contributed by atoms with E-state index in [0.717, 1.165) is 128 Å². The van der Waals surface area contributed by atoms with Crippen LogP contribution in [0.2, 0.25) is 0 Å². The van der Waals surface area contributed by atoms with Crippen molar-refractivity contribution >= 4 is 17.9 Å². The SMILES string of the molecule is CC/C=C\C/C=C\C/C=C\C/C=C\C/C=C\C/C=C\C/C=C\C/C=C\CCCCCCCCCCCCCCCCCCC(=O)OC(COC(=O)CCCCCCCCCCCCC/C=C\C/C=C\C/C=C\C/C=C\C/C=C\CC)COC(OCC[N+](C)(C)C)C(=O)[O-]. The van der Waals surface area contributed by atoms with Gasteiger partial charge in [0.15, 0.2) is 12.4 Å². The number of hydrogen-bond acceptors (Lipinski definition) is 8. The van der Waals surface area contributed by atoms with Crippen LogP contribution in [0.25, 0.3) is 0 Å². The summed E-state index contributed by atoms with van der Waals surface area (Å²) in [6.07, 6.45) is 105. The van der Waals surface area contributed by atoms with Crippen LogP contribution in [0.1, 0.15) is 296 Å². The molecule has 0 aromatic heterocycles. The summed E-state index contributed by atoms with van der Waals surface area (Å²) in [5.41, 5.74) is 0. The maximum atomic E-state index is 13.0. The largest absolute Gasteiger partial charge is 0.545 e. The number of hydrogen-bond donors (Lipinski definition) is 0. The van der Waals surface area contributed by atoms with Gasteiger partial charge in [-0.2, -0.15) is 0 Å². The minimum atomic E-state index is -1.63. The predicted octanol–water partition coefficient (Wildman–Crippen LogP) is 22.7. The molecule has 0 amide bonds. The van der Waals surface area contributed by atoms with Gasteiger partial charge in [-0.1, -0.05) is 320 Å². The molecule has 0 fully saturated rings. The number of esters is 2. The molecule has 0 aliphatic carbocycles. The van der Waals surface area contributed by atoms with E-state index < -0.39 is 24.3 Å². The first-order valence-corrected chi connectivity index (χ1v) is 37.6. The molecule has 0 saturated carbocycles. The first-order valence-electron chi connectivity index (χ1n) is 37.6. The lowest BCUT2D eigenvalue weighted by molar-refractivity contribution is -0.870. The maximum Gasteiger partial charge on any atom is 0.306 e. The number of aliphatic carboxylic acids is 1. The number of nitrogens with zero attached hydrogens (tertiary/aromatic N) is 1. The number of ether oxygens (including phenoxy) is 4. The zero-order valence-electron chi connectivity index (χ0n) is 60.3. The number of quaternary nitrogens is 1. The third-order valence-electron chi connectivity index (χ3n) is 15.8. The monoisotopic (exact) mass is 1290 g/mol. The van der Waals surface area contributed by atoms with Crippen molar-refractivity contribution < 1.29 is 42.9 Å². The molecule has 0 aromatic carbocycles. The molecule has 0 aliphatic heterocycles. The summed E-state index contributed by atoms with van der Waals surface area (Å²) in [7, 11) is 5.93. The number of unbranched alkanes of at least 4 members (excludes halogenated alkanes) is 27. The molecule has 0 rings (SSSR count). The number of rotatable bonds is 68. The normalized spacial score (nSPS) is 13.6. The quantitative estimate of drug-likeness (QED) is 0.0195. The minimum Gasteiger partial charge on any atom is -0.545 e. The topological polar surface area (TPSA) is 111 Å². The van der Waals surface area contributed by atoms with Gasteiger partial charge in [0, 0.05) is 12.8 Å². The average Bonchev–Trinajstić information content (AvgIpc) is 3.38. The molecule has 2 unspecified atom stereocenters. The van der Waals surface area contributed by atoms with E-state index in [4.69, 9.17) is 18.9 Å². The van der Waals surface area contributed by atoms with Gasteiger partial charge in [-0.3, -0.25) is 9.59 Å². The molecule has 0 heterocycles. The standard InChI is InChI=1S/C84H139NO8/c1-6-8-10-12-14-16-18-20-22-24-26-28-30-32-34-35-36-37-38-39-40-41-42-43-44-45-46-47-49-51-53-55-57-59-61-63-65-67-69-71-73-75-82(87)93-80(79-92-84(83(88)89)90-77-76-85(3,4)5)78-91-81(86)74-72-70-68-66-64-62-60-58-56-54-52-50-48-33-31-29-27-25-23-21-19-17-15-13-11-9-7-2/h8-11,14-17,20-23,26-29,32-34,36-37,39-40,42-43,48,80,84H,6-7,12-13,18-19,24-25,30-31,35,38,41,44-47,49-79H2,1-5H3/b10-8-,11-9-,16-14-,17-15-,22-20-,23-21-,28-26-,29-27-,34-32-,37-36-,40-39-,43-42-,48-33-. The Bertz CT molecular complexity index is 2090. The molecule has 0 saturated heterocycles. The van der Waals surface area contributed by atoms with E-state index in [-0.39, 0.29) is 38.6 Å². The smallest absolute Gasteiger partial charge is 0.306 e. The van der Waals surface area contributed by atoms with Crippen LogP contribution in [-0.4, -0.2) is 82.3 Å². The third kappa shape index (κ3) is 74.2. The summed E-state index contributed by atoms with van der Waals surface area (Å²) >= 11 is 0. The van der Waals surface area contributed by atoms with Crippen LogP contribution in [0, 0.1) is 0 Å². The number of likely N-dealkylation sites (N-methyl/N-ethyl adjacent to an activating group) is 1. The van der Waals surface area contributed by atoms with Crippen LogP contribution in [-0.2, 0) is 33.3 Å². The minimum absolute atomic E-state index is 0.142. The van der Waals surface area contributed by atoms with Crippen molar-refractivity contribution in [1.82, 2.24) is 0 Å². The van der Waals surface area contributed by atoms with Crippen molar-refractivity contribution in [2.75, 3.05) is 47.5 Å². The predicted molar refractivity (Wildman–Crippen MR) is 398 cm³/mol. The van der Waals surface area contributed by atoms with Crippen LogP contribution in [0.4, 0.5) is 0 Å². The molecule has 93 heavy (non-hydrogen) atoms. The zero-order chi connectivity index (χ0) is 67.5. The summed E-state index contributed by atoms with van der Waals surface area (Å²) < 4.78 is 22.8. The van der Waals surface area contributed by atoms with Gasteiger partial charge in [-0.15, -0.1) is 0 Å². The average molecular weight is 1290 g/mol. The molecule has 9 nitrogen and oxygen atoms in total. The molecule has 0 aliphatic rings.